The van der Waals surface area contributed by atoms with Gasteiger partial charge in [-0.15, -0.1) is 0 Å². The highest BCUT2D eigenvalue weighted by atomic mass is 32.1. The van der Waals surface area contributed by atoms with E-state index in [0.29, 0.717) is 10.8 Å². The molecule has 0 fully saturated rings. The molecule has 0 aromatic carbocycles. The van der Waals surface area contributed by atoms with Gasteiger partial charge in [-0.1, -0.05) is 0 Å². The van der Waals surface area contributed by atoms with Crippen LogP contribution in [0.15, 0.2) is 0 Å². The molecule has 1 aromatic rings. The van der Waals surface area contributed by atoms with Crippen molar-refractivity contribution in [3.8, 4) is 0 Å². The van der Waals surface area contributed by atoms with Crippen LogP contribution in [-0.4, -0.2) is 20.9 Å². The Morgan fingerprint density at radius 2 is 2.14 bits per heavy atom. The van der Waals surface area contributed by atoms with Crippen LogP contribution in [0, 0.1) is 6.92 Å². The summed E-state index contributed by atoms with van der Waals surface area (Å²) >= 11 is 1.24. The molecular formula is C9H14N2O2S. The Morgan fingerprint density at radius 3 is 2.57 bits per heavy atom. The van der Waals surface area contributed by atoms with Gasteiger partial charge in [0.1, 0.15) is 16.4 Å². The van der Waals surface area contributed by atoms with E-state index in [4.69, 9.17) is 4.74 Å². The third-order valence-corrected chi connectivity index (χ3v) is 2.09. The van der Waals surface area contributed by atoms with Crippen LogP contribution in [0.25, 0.3) is 0 Å². The van der Waals surface area contributed by atoms with Crippen molar-refractivity contribution < 1.29 is 9.53 Å². The molecule has 0 radical (unpaired) electrons. The van der Waals surface area contributed by atoms with Crippen molar-refractivity contribution in [2.45, 2.75) is 39.7 Å². The van der Waals surface area contributed by atoms with Gasteiger partial charge in [-0.25, -0.2) is 4.98 Å². The van der Waals surface area contributed by atoms with Crippen LogP contribution in [0.3, 0.4) is 0 Å². The monoisotopic (exact) mass is 214 g/mol. The normalized spacial score (nSPS) is 11.4. The lowest BCUT2D eigenvalue weighted by Gasteiger charge is -2.18. The van der Waals surface area contributed by atoms with Crippen molar-refractivity contribution in [2.75, 3.05) is 0 Å². The smallest absolute Gasteiger partial charge is 0.313 e. The number of carbonyl (C=O) groups is 1. The minimum Gasteiger partial charge on any atom is -0.460 e. The maximum Gasteiger partial charge on any atom is 0.313 e. The Balaban J connectivity index is 2.50. The van der Waals surface area contributed by atoms with Crippen LogP contribution in [0.2, 0.25) is 0 Å². The maximum absolute atomic E-state index is 11.4. The highest BCUT2D eigenvalue weighted by molar-refractivity contribution is 7.05. The average Bonchev–Trinajstić information content (AvgIpc) is 2.30. The van der Waals surface area contributed by atoms with Crippen LogP contribution in [0.5, 0.6) is 0 Å². The molecule has 1 rings (SSSR count). The predicted molar refractivity (Wildman–Crippen MR) is 54.2 cm³/mol. The molecule has 0 bridgehead atoms. The fourth-order valence-corrected chi connectivity index (χ4v) is 1.55. The zero-order valence-electron chi connectivity index (χ0n) is 8.83. The van der Waals surface area contributed by atoms with Crippen LogP contribution in [0.1, 0.15) is 31.6 Å². The fraction of sp³-hybridized carbons (Fsp3) is 0.667. The van der Waals surface area contributed by atoms with E-state index in [1.165, 1.54) is 11.5 Å². The van der Waals surface area contributed by atoms with Crippen LogP contribution in [0.4, 0.5) is 0 Å². The van der Waals surface area contributed by atoms with Gasteiger partial charge in [-0.2, -0.15) is 4.37 Å². The standard InChI is InChI=1S/C9H14N2O2S/c1-6-10-7(14-11-6)5-8(12)13-9(2,3)4/h5H2,1-4H3. The Bertz CT molecular complexity index is 328. The van der Waals surface area contributed by atoms with Crippen molar-refractivity contribution in [3.63, 3.8) is 0 Å². The molecule has 1 aromatic heterocycles. The van der Waals surface area contributed by atoms with E-state index in [0.717, 1.165) is 0 Å². The summed E-state index contributed by atoms with van der Waals surface area (Å²) in [5.74, 6) is 0.446. The minimum absolute atomic E-state index is 0.211. The number of esters is 1. The maximum atomic E-state index is 11.4. The Morgan fingerprint density at radius 1 is 1.50 bits per heavy atom. The zero-order valence-corrected chi connectivity index (χ0v) is 9.64. The molecule has 78 valence electrons. The first-order valence-corrected chi connectivity index (χ1v) is 5.15. The molecule has 0 aliphatic heterocycles. The molecule has 0 amide bonds. The lowest BCUT2D eigenvalue weighted by Crippen LogP contribution is -2.24. The molecule has 0 aliphatic carbocycles. The first-order chi connectivity index (χ1) is 6.37. The van der Waals surface area contributed by atoms with E-state index in [-0.39, 0.29) is 12.4 Å². The molecule has 4 nitrogen and oxygen atoms in total. The van der Waals surface area contributed by atoms with E-state index < -0.39 is 5.60 Å². The van der Waals surface area contributed by atoms with Gasteiger partial charge >= 0.3 is 5.97 Å². The molecule has 0 spiro atoms. The number of ether oxygens (including phenoxy) is 1. The summed E-state index contributed by atoms with van der Waals surface area (Å²) in [6.45, 7) is 7.33. The van der Waals surface area contributed by atoms with E-state index in [1.807, 2.05) is 20.8 Å². The summed E-state index contributed by atoms with van der Waals surface area (Å²) in [5, 5.41) is 0.705. The van der Waals surface area contributed by atoms with Crippen molar-refractivity contribution in [3.05, 3.63) is 10.8 Å². The highest BCUT2D eigenvalue weighted by Crippen LogP contribution is 2.11. The molecule has 5 heteroatoms. The molecule has 0 saturated carbocycles. The molecule has 1 heterocycles. The molecule has 0 N–H and O–H groups in total. The van der Waals surface area contributed by atoms with Gasteiger partial charge in [0.25, 0.3) is 0 Å². The van der Waals surface area contributed by atoms with E-state index >= 15 is 0 Å². The van der Waals surface area contributed by atoms with Gasteiger partial charge in [-0.3, -0.25) is 4.79 Å². The summed E-state index contributed by atoms with van der Waals surface area (Å²) in [4.78, 5) is 15.4. The first kappa shape index (κ1) is 11.1. The number of aryl methyl sites for hydroxylation is 1. The van der Waals surface area contributed by atoms with Gasteiger partial charge in [-0.05, 0) is 39.2 Å². The molecule has 0 unspecified atom stereocenters. The van der Waals surface area contributed by atoms with Crippen LogP contribution < -0.4 is 0 Å². The van der Waals surface area contributed by atoms with Gasteiger partial charge < -0.3 is 4.74 Å². The molecule has 0 atom stereocenters. The van der Waals surface area contributed by atoms with Gasteiger partial charge in [0.15, 0.2) is 0 Å². The third kappa shape index (κ3) is 3.83. The minimum atomic E-state index is -0.434. The van der Waals surface area contributed by atoms with E-state index in [2.05, 4.69) is 9.36 Å². The largest absolute Gasteiger partial charge is 0.460 e. The molecule has 14 heavy (non-hydrogen) atoms. The van der Waals surface area contributed by atoms with Gasteiger partial charge in [0, 0.05) is 0 Å². The summed E-state index contributed by atoms with van der Waals surface area (Å²) in [5.41, 5.74) is -0.434. The Kier molecular flexibility index (Phi) is 3.21. The van der Waals surface area contributed by atoms with Crippen molar-refractivity contribution in [1.29, 1.82) is 0 Å². The van der Waals surface area contributed by atoms with Gasteiger partial charge in [0.2, 0.25) is 0 Å². The van der Waals surface area contributed by atoms with Gasteiger partial charge in [0.05, 0.1) is 6.42 Å². The molecule has 0 aliphatic rings. The van der Waals surface area contributed by atoms with E-state index in [9.17, 15) is 4.79 Å². The number of hydrogen-bond donors (Lipinski definition) is 0. The predicted octanol–water partition coefficient (Wildman–Crippen LogP) is 1.73. The summed E-state index contributed by atoms with van der Waals surface area (Å²) in [6, 6.07) is 0. The molecular weight excluding hydrogens is 200 g/mol. The second-order valence-corrected chi connectivity index (χ2v) is 4.83. The highest BCUT2D eigenvalue weighted by Gasteiger charge is 2.17. The lowest BCUT2D eigenvalue weighted by atomic mass is 10.2. The summed E-state index contributed by atoms with van der Waals surface area (Å²) in [7, 11) is 0. The fourth-order valence-electron chi connectivity index (χ4n) is 0.913. The Hall–Kier alpha value is -0.970. The van der Waals surface area contributed by atoms with Crippen molar-refractivity contribution in [2.24, 2.45) is 0 Å². The topological polar surface area (TPSA) is 52.1 Å². The second-order valence-electron chi connectivity index (χ2n) is 4.00. The quantitative estimate of drug-likeness (QED) is 0.703. The Labute approximate surface area is 87.5 Å². The first-order valence-electron chi connectivity index (χ1n) is 4.38. The van der Waals surface area contributed by atoms with Crippen molar-refractivity contribution >= 4 is 17.5 Å². The van der Waals surface area contributed by atoms with Crippen LogP contribution in [-0.2, 0) is 16.0 Å². The van der Waals surface area contributed by atoms with Crippen molar-refractivity contribution in [1.82, 2.24) is 9.36 Å². The number of nitrogens with zero attached hydrogens (tertiary/aromatic N) is 2. The zero-order chi connectivity index (χ0) is 10.8. The summed E-state index contributed by atoms with van der Waals surface area (Å²) in [6.07, 6.45) is 0.211. The third-order valence-electron chi connectivity index (χ3n) is 1.29. The number of aromatic nitrogens is 2. The number of carbonyl (C=O) groups excluding carboxylic acids is 1. The summed E-state index contributed by atoms with van der Waals surface area (Å²) < 4.78 is 9.14. The molecule has 0 saturated heterocycles. The second kappa shape index (κ2) is 4.04. The van der Waals surface area contributed by atoms with E-state index in [1.54, 1.807) is 6.92 Å². The number of rotatable bonds is 2. The SMILES string of the molecule is Cc1nsc(CC(=O)OC(C)(C)C)n1. The lowest BCUT2D eigenvalue weighted by molar-refractivity contribution is -0.153. The van der Waals surface area contributed by atoms with Crippen LogP contribution >= 0.6 is 11.5 Å². The average molecular weight is 214 g/mol. The number of hydrogen-bond acceptors (Lipinski definition) is 5.